The van der Waals surface area contributed by atoms with Gasteiger partial charge in [-0.3, -0.25) is 4.84 Å². The minimum absolute atomic E-state index is 0.0224. The van der Waals surface area contributed by atoms with Gasteiger partial charge in [0, 0.05) is 23.1 Å². The number of hydrogen-bond donors (Lipinski definition) is 0. The van der Waals surface area contributed by atoms with Crippen LogP contribution in [0.5, 0.6) is 0 Å². The fourth-order valence-electron chi connectivity index (χ4n) is 4.83. The molecule has 7 nitrogen and oxygen atoms in total. The highest BCUT2D eigenvalue weighted by Crippen LogP contribution is 2.31. The second kappa shape index (κ2) is 16.4. The van der Waals surface area contributed by atoms with E-state index in [9.17, 15) is 23.2 Å². The lowest BCUT2D eigenvalue weighted by atomic mass is 10.1. The molecule has 3 aromatic rings. The highest BCUT2D eigenvalue weighted by atomic mass is 19.4. The Labute approximate surface area is 246 Å². The van der Waals surface area contributed by atoms with Crippen LogP contribution in [0.15, 0.2) is 53.1 Å². The minimum Gasteiger partial charge on any atom is -0.589 e. The van der Waals surface area contributed by atoms with Gasteiger partial charge in [-0.15, -0.1) is 0 Å². The minimum atomic E-state index is -4.56. The van der Waals surface area contributed by atoms with Gasteiger partial charge in [-0.1, -0.05) is 94.6 Å². The Morgan fingerprint density at radius 3 is 2.14 bits per heavy atom. The first-order valence-corrected chi connectivity index (χ1v) is 15.0. The predicted octanol–water partition coefficient (Wildman–Crippen LogP) is 9.10. The molecule has 0 amide bonds. The summed E-state index contributed by atoms with van der Waals surface area (Å²) in [7, 11) is 0. The number of aryl methyl sites for hydroxylation is 1. The number of unbranched alkanes of at least 4 members (excludes halogenated alkanes) is 8. The van der Waals surface area contributed by atoms with Crippen LogP contribution in [0.1, 0.15) is 107 Å². The first-order valence-electron chi connectivity index (χ1n) is 15.0. The topological polar surface area (TPSA) is 88.3 Å². The van der Waals surface area contributed by atoms with Crippen molar-refractivity contribution in [1.29, 1.82) is 0 Å². The number of nitrogens with zero attached hydrogens (tertiary/aromatic N) is 3. The van der Waals surface area contributed by atoms with Crippen molar-refractivity contribution in [2.45, 2.75) is 110 Å². The van der Waals surface area contributed by atoms with Gasteiger partial charge in [-0.05, 0) is 37.1 Å². The molecular formula is C32H42F3N3O4. The summed E-state index contributed by atoms with van der Waals surface area (Å²) in [6.07, 6.45) is 7.64. The van der Waals surface area contributed by atoms with Crippen LogP contribution in [0.25, 0.3) is 11.5 Å². The van der Waals surface area contributed by atoms with Crippen molar-refractivity contribution in [2.24, 2.45) is 0 Å². The molecule has 230 valence electrons. The third-order valence-electron chi connectivity index (χ3n) is 6.97. The molecule has 42 heavy (non-hydrogen) atoms. The van der Waals surface area contributed by atoms with E-state index in [1.807, 2.05) is 0 Å². The lowest BCUT2D eigenvalue weighted by Crippen LogP contribution is -2.42. The largest absolute Gasteiger partial charge is 0.589 e. The van der Waals surface area contributed by atoms with Gasteiger partial charge >= 0.3 is 12.1 Å². The normalized spacial score (nSPS) is 13.2. The highest BCUT2D eigenvalue weighted by Gasteiger charge is 2.32. The van der Waals surface area contributed by atoms with Gasteiger partial charge < -0.3 is 9.73 Å². The van der Waals surface area contributed by atoms with E-state index in [-0.39, 0.29) is 18.5 Å². The van der Waals surface area contributed by atoms with Crippen molar-refractivity contribution in [3.05, 3.63) is 76.3 Å². The Kier molecular flexibility index (Phi) is 13.0. The van der Waals surface area contributed by atoms with E-state index >= 15 is 0 Å². The fourth-order valence-corrected chi connectivity index (χ4v) is 4.83. The molecule has 1 heterocycles. The zero-order valence-corrected chi connectivity index (χ0v) is 24.6. The van der Waals surface area contributed by atoms with E-state index in [4.69, 9.17) is 9.36 Å². The number of hydrogen-bond acceptors (Lipinski definition) is 6. The van der Waals surface area contributed by atoms with Crippen molar-refractivity contribution < 1.29 is 32.1 Å². The van der Waals surface area contributed by atoms with Gasteiger partial charge in [0.05, 0.1) is 12.0 Å². The summed E-state index contributed by atoms with van der Waals surface area (Å²) in [6, 6.07) is 11.4. The second-order valence-corrected chi connectivity index (χ2v) is 10.8. The quantitative estimate of drug-likeness (QED) is 0.0835. The number of benzene rings is 2. The third-order valence-corrected chi connectivity index (χ3v) is 6.97. The van der Waals surface area contributed by atoms with Gasteiger partial charge in [-0.25, -0.2) is 4.79 Å². The summed E-state index contributed by atoms with van der Waals surface area (Å²) in [5, 5.41) is 17.9. The van der Waals surface area contributed by atoms with Gasteiger partial charge in [-0.2, -0.15) is 23.0 Å². The van der Waals surface area contributed by atoms with Gasteiger partial charge in [0.2, 0.25) is 0 Å². The first-order chi connectivity index (χ1) is 20.1. The fraction of sp³-hybridized carbons (Fsp3) is 0.531. The number of hydroxylamine groups is 4. The number of aromatic nitrogens is 2. The zero-order chi connectivity index (χ0) is 30.4. The number of carbonyl (C=O) groups is 1. The molecule has 0 aliphatic heterocycles. The predicted molar refractivity (Wildman–Crippen MR) is 154 cm³/mol. The lowest BCUT2D eigenvalue weighted by molar-refractivity contribution is -1.07. The Balaban J connectivity index is 1.64. The Bertz CT molecular complexity index is 1250. The molecule has 0 spiro atoms. The Morgan fingerprint density at radius 1 is 0.881 bits per heavy atom. The zero-order valence-electron chi connectivity index (χ0n) is 24.6. The molecule has 0 radical (unpaired) electrons. The van der Waals surface area contributed by atoms with Crippen LogP contribution in [0, 0.1) is 5.21 Å². The van der Waals surface area contributed by atoms with Crippen molar-refractivity contribution in [1.82, 2.24) is 10.1 Å². The average Bonchev–Trinajstić information content (AvgIpc) is 3.41. The Hall–Kier alpha value is -3.24. The summed E-state index contributed by atoms with van der Waals surface area (Å²) in [5.74, 6) is 0.214. The number of quaternary nitrogens is 1. The molecule has 0 saturated carbocycles. The molecule has 1 aromatic heterocycles. The maximum Gasteiger partial charge on any atom is 0.416 e. The molecule has 0 N–H and O–H groups in total. The summed E-state index contributed by atoms with van der Waals surface area (Å²) in [6.45, 7) is 3.20. The number of rotatable bonds is 18. The van der Waals surface area contributed by atoms with Crippen molar-refractivity contribution in [3.8, 4) is 11.5 Å². The number of alkyl halides is 3. The molecule has 0 fully saturated rings. The molecule has 3 rings (SSSR count). The van der Waals surface area contributed by atoms with Crippen LogP contribution < -0.4 is 0 Å². The summed E-state index contributed by atoms with van der Waals surface area (Å²) in [4.78, 5) is 20.6. The van der Waals surface area contributed by atoms with Crippen LogP contribution in [0.4, 0.5) is 13.2 Å². The van der Waals surface area contributed by atoms with Gasteiger partial charge in [0.1, 0.15) is 13.1 Å². The maximum atomic E-state index is 13.8. The summed E-state index contributed by atoms with van der Waals surface area (Å²) in [5.41, 5.74) is 0.350. The van der Waals surface area contributed by atoms with E-state index in [0.29, 0.717) is 35.7 Å². The molecular weight excluding hydrogens is 547 g/mol. The van der Waals surface area contributed by atoms with Crippen molar-refractivity contribution in [2.75, 3.05) is 0 Å². The SMILES string of the molecule is CCCCCCCCCCCc1noc(-c2cccc(C[N+]([O-])(Cc3cccc(C(F)(F)F)c3)OC(=O)CCC)c2)n1. The van der Waals surface area contributed by atoms with Crippen LogP contribution in [0.2, 0.25) is 0 Å². The van der Waals surface area contributed by atoms with Crippen LogP contribution in [0.3, 0.4) is 0 Å². The van der Waals surface area contributed by atoms with Gasteiger partial charge in [0.15, 0.2) is 5.82 Å². The number of halogens is 3. The third kappa shape index (κ3) is 11.2. The van der Waals surface area contributed by atoms with E-state index < -0.39 is 29.1 Å². The monoisotopic (exact) mass is 589 g/mol. The standard InChI is InChI=1S/C32H42F3N3O4/c1-3-5-6-7-8-9-10-11-12-20-29-36-31(41-37-29)27-18-13-16-25(21-27)23-38(40,42-30(39)15-4-2)24-26-17-14-19-28(22-26)32(33,34)35/h13-14,16-19,21-22H,3-12,15,20,23-24H2,1-2H3. The second-order valence-electron chi connectivity index (χ2n) is 10.8. The average molecular weight is 590 g/mol. The molecule has 0 aliphatic rings. The molecule has 10 heteroatoms. The summed E-state index contributed by atoms with van der Waals surface area (Å²) >= 11 is 0. The lowest BCUT2D eigenvalue weighted by Gasteiger charge is -2.38. The molecule has 2 aromatic carbocycles. The highest BCUT2D eigenvalue weighted by molar-refractivity contribution is 5.68. The molecule has 1 unspecified atom stereocenters. The van der Waals surface area contributed by atoms with E-state index in [1.54, 1.807) is 31.2 Å². The van der Waals surface area contributed by atoms with E-state index in [2.05, 4.69) is 17.1 Å². The molecule has 0 saturated heterocycles. The summed E-state index contributed by atoms with van der Waals surface area (Å²) < 4.78 is 45.2. The maximum absolute atomic E-state index is 13.8. The molecule has 0 bridgehead atoms. The van der Waals surface area contributed by atoms with Crippen molar-refractivity contribution >= 4 is 5.97 Å². The molecule has 1 atom stereocenters. The van der Waals surface area contributed by atoms with Crippen molar-refractivity contribution in [3.63, 3.8) is 0 Å². The van der Waals surface area contributed by atoms with Gasteiger partial charge in [0.25, 0.3) is 5.89 Å². The van der Waals surface area contributed by atoms with E-state index in [0.717, 1.165) is 25.0 Å². The van der Waals surface area contributed by atoms with Crippen LogP contribution >= 0.6 is 0 Å². The van der Waals surface area contributed by atoms with Crippen LogP contribution in [-0.4, -0.2) is 20.9 Å². The smallest absolute Gasteiger partial charge is 0.416 e. The first kappa shape index (κ1) is 33.3. The Morgan fingerprint density at radius 2 is 1.50 bits per heavy atom. The number of carbonyl (C=O) groups excluding carboxylic acids is 1. The molecule has 0 aliphatic carbocycles. The van der Waals surface area contributed by atoms with Crippen LogP contribution in [-0.2, 0) is 35.3 Å². The van der Waals surface area contributed by atoms with E-state index in [1.165, 1.54) is 57.1 Å².